The summed E-state index contributed by atoms with van der Waals surface area (Å²) in [6.07, 6.45) is -1.62. The van der Waals surface area contributed by atoms with Gasteiger partial charge in [-0.25, -0.2) is 0 Å². The molecule has 3 saturated heterocycles. The summed E-state index contributed by atoms with van der Waals surface area (Å²) in [5, 5.41) is 15.5. The van der Waals surface area contributed by atoms with Gasteiger partial charge in [0.2, 0.25) is 5.91 Å². The van der Waals surface area contributed by atoms with Gasteiger partial charge in [0.15, 0.2) is 6.10 Å². The molecule has 10 heteroatoms. The molecule has 3 heterocycles. The Morgan fingerprint density at radius 2 is 2.20 bits per heavy atom. The van der Waals surface area contributed by atoms with Gasteiger partial charge in [-0.1, -0.05) is 0 Å². The van der Waals surface area contributed by atoms with Crippen LogP contribution in [0.2, 0.25) is 0 Å². The van der Waals surface area contributed by atoms with Crippen molar-refractivity contribution in [2.45, 2.75) is 30.4 Å². The maximum absolute atomic E-state index is 12.0. The second kappa shape index (κ2) is 5.72. The summed E-state index contributed by atoms with van der Waals surface area (Å²) in [5.74, 6) is 1.41. The van der Waals surface area contributed by atoms with E-state index in [0.717, 1.165) is 11.6 Å². The number of amides is 1. The number of fused-ring (bicyclic) bond motifs is 1. The molecule has 0 spiro atoms. The highest BCUT2D eigenvalue weighted by atomic mass is 32.2. The maximum atomic E-state index is 12.0. The molecular formula is C10H15N3O6S. The largest absolute Gasteiger partial charge is 0.371 e. The normalized spacial score (nSPS) is 39.5. The van der Waals surface area contributed by atoms with Gasteiger partial charge in [0.25, 0.3) is 5.09 Å². The average molecular weight is 305 g/mol. The lowest BCUT2D eigenvalue weighted by atomic mass is 10.1. The zero-order valence-electron chi connectivity index (χ0n) is 10.5. The van der Waals surface area contributed by atoms with Crippen LogP contribution in [0.15, 0.2) is 0 Å². The predicted octanol–water partition coefficient (Wildman–Crippen LogP) is -1.49. The van der Waals surface area contributed by atoms with Crippen molar-refractivity contribution in [1.29, 1.82) is 0 Å². The molecule has 0 radical (unpaired) electrons. The van der Waals surface area contributed by atoms with Crippen LogP contribution in [0.25, 0.3) is 0 Å². The Morgan fingerprint density at radius 1 is 1.40 bits per heavy atom. The van der Waals surface area contributed by atoms with Gasteiger partial charge < -0.3 is 19.6 Å². The minimum Gasteiger partial charge on any atom is -0.371 e. The maximum Gasteiger partial charge on any atom is 0.294 e. The van der Waals surface area contributed by atoms with Crippen LogP contribution in [0.4, 0.5) is 0 Å². The van der Waals surface area contributed by atoms with E-state index in [1.807, 2.05) is 0 Å². The van der Waals surface area contributed by atoms with Gasteiger partial charge in [-0.2, -0.15) is 0 Å². The van der Waals surface area contributed by atoms with Gasteiger partial charge in [-0.3, -0.25) is 10.1 Å². The first kappa shape index (κ1) is 13.9. The molecule has 1 amide bonds. The average Bonchev–Trinajstić information content (AvgIpc) is 3.09. The highest BCUT2D eigenvalue weighted by Gasteiger charge is 2.50. The summed E-state index contributed by atoms with van der Waals surface area (Å²) < 4.78 is 10.9. The fourth-order valence-corrected chi connectivity index (χ4v) is 3.58. The van der Waals surface area contributed by atoms with Crippen LogP contribution in [-0.2, 0) is 19.1 Å². The van der Waals surface area contributed by atoms with Crippen molar-refractivity contribution in [3.63, 3.8) is 0 Å². The SMILES string of the molecule is O=C(N[C@H]1CO[C@H]2[C@@H]1OC[C@@H]2O[N+](=O)[O-])C1CSCN1. The fraction of sp³-hybridized carbons (Fsp3) is 0.900. The third-order valence-corrected chi connectivity index (χ3v) is 4.53. The van der Waals surface area contributed by atoms with Crippen molar-refractivity contribution in [3.05, 3.63) is 10.1 Å². The van der Waals surface area contributed by atoms with E-state index in [1.54, 1.807) is 11.8 Å². The molecule has 0 aromatic carbocycles. The molecule has 5 atom stereocenters. The van der Waals surface area contributed by atoms with Gasteiger partial charge in [0, 0.05) is 11.6 Å². The van der Waals surface area contributed by atoms with Crippen LogP contribution in [0.1, 0.15) is 0 Å². The summed E-state index contributed by atoms with van der Waals surface area (Å²) in [7, 11) is 0. The molecule has 3 aliphatic rings. The minimum absolute atomic E-state index is 0.0912. The number of rotatable bonds is 4. The molecule has 112 valence electrons. The molecule has 0 saturated carbocycles. The van der Waals surface area contributed by atoms with Gasteiger partial charge >= 0.3 is 0 Å². The smallest absolute Gasteiger partial charge is 0.294 e. The van der Waals surface area contributed by atoms with E-state index in [0.29, 0.717) is 0 Å². The van der Waals surface area contributed by atoms with Gasteiger partial charge in [0.1, 0.15) is 12.2 Å². The number of nitrogens with one attached hydrogen (secondary N) is 2. The molecule has 20 heavy (non-hydrogen) atoms. The topological polar surface area (TPSA) is 112 Å². The third-order valence-electron chi connectivity index (χ3n) is 3.59. The number of nitrogens with zero attached hydrogens (tertiary/aromatic N) is 1. The Labute approximate surface area is 118 Å². The van der Waals surface area contributed by atoms with Crippen molar-refractivity contribution < 1.29 is 24.2 Å². The van der Waals surface area contributed by atoms with E-state index in [4.69, 9.17) is 9.47 Å². The summed E-state index contributed by atoms with van der Waals surface area (Å²) in [5.41, 5.74) is 0. The second-order valence-corrected chi connectivity index (χ2v) is 5.88. The van der Waals surface area contributed by atoms with E-state index in [1.165, 1.54) is 0 Å². The monoisotopic (exact) mass is 305 g/mol. The lowest BCUT2D eigenvalue weighted by molar-refractivity contribution is -0.769. The standard InChI is InChI=1S/C10H15N3O6S/c14-10(6-3-20-4-11-6)12-5-1-17-9-7(19-13(15)16)2-18-8(5)9/h5-9,11H,1-4H2,(H,12,14)/t5-,6?,7-,8+,9+/m0/s1. The van der Waals surface area contributed by atoms with E-state index >= 15 is 0 Å². The Kier molecular flexibility index (Phi) is 3.96. The summed E-state index contributed by atoms with van der Waals surface area (Å²) in [6, 6.07) is -0.494. The van der Waals surface area contributed by atoms with Crippen LogP contribution < -0.4 is 10.6 Å². The molecule has 0 bridgehead atoms. The van der Waals surface area contributed by atoms with Crippen molar-refractivity contribution in [1.82, 2.24) is 10.6 Å². The van der Waals surface area contributed by atoms with E-state index in [9.17, 15) is 14.9 Å². The van der Waals surface area contributed by atoms with E-state index < -0.39 is 23.4 Å². The molecule has 1 unspecified atom stereocenters. The summed E-state index contributed by atoms with van der Waals surface area (Å²) in [6.45, 7) is 0.374. The number of hydrogen-bond acceptors (Lipinski definition) is 8. The van der Waals surface area contributed by atoms with Gasteiger partial charge in [-0.05, 0) is 0 Å². The molecule has 0 aliphatic carbocycles. The van der Waals surface area contributed by atoms with Crippen molar-refractivity contribution in [2.24, 2.45) is 0 Å². The zero-order chi connectivity index (χ0) is 14.1. The molecule has 0 aromatic rings. The lowest BCUT2D eigenvalue weighted by Crippen LogP contribution is -2.50. The van der Waals surface area contributed by atoms with E-state index in [2.05, 4.69) is 15.5 Å². The second-order valence-electron chi connectivity index (χ2n) is 4.85. The highest BCUT2D eigenvalue weighted by molar-refractivity contribution is 7.99. The molecule has 3 rings (SSSR count). The minimum atomic E-state index is -0.842. The molecular weight excluding hydrogens is 290 g/mol. The molecule has 2 N–H and O–H groups in total. The highest BCUT2D eigenvalue weighted by Crippen LogP contribution is 2.29. The number of hydrogen-bond donors (Lipinski definition) is 2. The number of ether oxygens (including phenoxy) is 2. The van der Waals surface area contributed by atoms with Crippen molar-refractivity contribution in [3.8, 4) is 0 Å². The first-order valence-corrected chi connectivity index (χ1v) is 7.46. The van der Waals surface area contributed by atoms with E-state index in [-0.39, 0.29) is 31.2 Å². The van der Waals surface area contributed by atoms with Crippen molar-refractivity contribution in [2.75, 3.05) is 24.8 Å². The molecule has 3 fully saturated rings. The van der Waals surface area contributed by atoms with Crippen LogP contribution in [0.5, 0.6) is 0 Å². The van der Waals surface area contributed by atoms with Crippen molar-refractivity contribution >= 4 is 17.7 Å². The fourth-order valence-electron chi connectivity index (χ4n) is 2.64. The number of thioether (sulfide) groups is 1. The zero-order valence-corrected chi connectivity index (χ0v) is 11.3. The Hall–Kier alpha value is -1.10. The van der Waals surface area contributed by atoms with Crippen LogP contribution in [-0.4, -0.2) is 66.2 Å². The number of carbonyl (C=O) groups excluding carboxylic acids is 1. The van der Waals surface area contributed by atoms with Gasteiger partial charge in [0.05, 0.1) is 25.3 Å². The van der Waals surface area contributed by atoms with Crippen LogP contribution in [0, 0.1) is 10.1 Å². The van der Waals surface area contributed by atoms with Crippen LogP contribution in [0.3, 0.4) is 0 Å². The molecule has 0 aromatic heterocycles. The van der Waals surface area contributed by atoms with Crippen LogP contribution >= 0.6 is 11.8 Å². The summed E-state index contributed by atoms with van der Waals surface area (Å²) >= 11 is 1.67. The summed E-state index contributed by atoms with van der Waals surface area (Å²) in [4.78, 5) is 26.9. The third kappa shape index (κ3) is 2.68. The Bertz CT molecular complexity index is 404. The predicted molar refractivity (Wildman–Crippen MR) is 67.5 cm³/mol. The molecule has 3 aliphatic heterocycles. The number of carbonyl (C=O) groups is 1. The molecule has 9 nitrogen and oxygen atoms in total. The first-order chi connectivity index (χ1) is 9.65. The quantitative estimate of drug-likeness (QED) is 0.477. The first-order valence-electron chi connectivity index (χ1n) is 6.31. The Morgan fingerprint density at radius 3 is 2.90 bits per heavy atom. The Balaban J connectivity index is 1.55. The lowest BCUT2D eigenvalue weighted by Gasteiger charge is -2.19. The van der Waals surface area contributed by atoms with Gasteiger partial charge in [-0.15, -0.1) is 21.9 Å².